The molecule has 0 bridgehead atoms. The van der Waals surface area contributed by atoms with Crippen molar-refractivity contribution in [2.24, 2.45) is 5.92 Å². The van der Waals surface area contributed by atoms with Crippen molar-refractivity contribution >= 4 is 11.8 Å². The number of likely N-dealkylation sites (tertiary alicyclic amines) is 1. The van der Waals surface area contributed by atoms with Gasteiger partial charge in [0, 0.05) is 37.7 Å². The third kappa shape index (κ3) is 4.48. The predicted molar refractivity (Wildman–Crippen MR) is 105 cm³/mol. The largest absolute Gasteiger partial charge is 0.378 e. The number of amides is 2. The highest BCUT2D eigenvalue weighted by Gasteiger charge is 2.31. The highest BCUT2D eigenvalue weighted by Crippen LogP contribution is 2.22. The maximum Gasteiger partial charge on any atom is 0.236 e. The Morgan fingerprint density at radius 2 is 1.79 bits per heavy atom. The first-order valence-electron chi connectivity index (χ1n) is 10.1. The Morgan fingerprint density at radius 1 is 1.07 bits per heavy atom. The molecule has 2 aliphatic rings. The van der Waals surface area contributed by atoms with E-state index in [1.165, 1.54) is 0 Å². The van der Waals surface area contributed by atoms with E-state index in [1.54, 1.807) is 4.90 Å². The second kappa shape index (κ2) is 8.73. The topological polar surface area (TPSA) is 88.8 Å². The van der Waals surface area contributed by atoms with Gasteiger partial charge in [0.15, 0.2) is 0 Å². The van der Waals surface area contributed by atoms with Crippen molar-refractivity contribution in [2.75, 3.05) is 39.4 Å². The fraction of sp³-hybridized carbons (Fsp3) is 0.524. The molecule has 2 amide bonds. The molecule has 0 saturated carbocycles. The number of carbonyl (C=O) groups is 2. The van der Waals surface area contributed by atoms with Gasteiger partial charge in [-0.1, -0.05) is 29.4 Å². The Balaban J connectivity index is 1.30. The average Bonchev–Trinajstić information content (AvgIpc) is 3.22. The molecule has 2 saturated heterocycles. The van der Waals surface area contributed by atoms with Gasteiger partial charge in [-0.2, -0.15) is 4.98 Å². The molecule has 0 unspecified atom stereocenters. The summed E-state index contributed by atoms with van der Waals surface area (Å²) in [4.78, 5) is 33.3. The summed E-state index contributed by atoms with van der Waals surface area (Å²) in [5, 5.41) is 4.02. The van der Waals surface area contributed by atoms with Crippen molar-refractivity contribution in [1.82, 2.24) is 19.9 Å². The highest BCUT2D eigenvalue weighted by atomic mass is 16.5. The number of nitrogens with zero attached hydrogens (tertiary/aromatic N) is 4. The van der Waals surface area contributed by atoms with E-state index in [-0.39, 0.29) is 24.2 Å². The van der Waals surface area contributed by atoms with Crippen LogP contribution < -0.4 is 0 Å². The molecule has 1 aromatic carbocycles. The number of aromatic nitrogens is 2. The normalized spacial score (nSPS) is 18.1. The minimum Gasteiger partial charge on any atom is -0.378 e. The van der Waals surface area contributed by atoms with Crippen molar-refractivity contribution in [3.05, 3.63) is 35.7 Å². The zero-order valence-corrected chi connectivity index (χ0v) is 16.7. The van der Waals surface area contributed by atoms with Crippen LogP contribution in [0.15, 0.2) is 28.8 Å². The van der Waals surface area contributed by atoms with E-state index in [4.69, 9.17) is 9.26 Å². The van der Waals surface area contributed by atoms with Gasteiger partial charge in [-0.15, -0.1) is 0 Å². The minimum atomic E-state index is -0.0396. The molecule has 2 aliphatic heterocycles. The zero-order valence-electron chi connectivity index (χ0n) is 16.7. The Morgan fingerprint density at radius 3 is 2.52 bits per heavy atom. The van der Waals surface area contributed by atoms with E-state index in [2.05, 4.69) is 10.1 Å². The molecule has 8 heteroatoms. The summed E-state index contributed by atoms with van der Waals surface area (Å²) in [6.07, 6.45) is 1.47. The van der Waals surface area contributed by atoms with Gasteiger partial charge < -0.3 is 19.1 Å². The van der Waals surface area contributed by atoms with E-state index >= 15 is 0 Å². The lowest BCUT2D eigenvalue weighted by molar-refractivity contribution is -0.143. The molecule has 0 spiro atoms. The number of hydrogen-bond acceptors (Lipinski definition) is 6. The smallest absolute Gasteiger partial charge is 0.236 e. The maximum absolute atomic E-state index is 12.6. The van der Waals surface area contributed by atoms with Crippen LogP contribution in [0.4, 0.5) is 0 Å². The first-order chi connectivity index (χ1) is 14.1. The van der Waals surface area contributed by atoms with Crippen LogP contribution in [0.25, 0.3) is 11.4 Å². The summed E-state index contributed by atoms with van der Waals surface area (Å²) in [6.45, 7) is 5.70. The SMILES string of the molecule is Cc1ccccc1-c1noc(CC(=O)N2CCC(C(=O)N3CCOCC3)CC2)n1. The lowest BCUT2D eigenvalue weighted by atomic mass is 9.95. The van der Waals surface area contributed by atoms with Gasteiger partial charge in [0.05, 0.1) is 13.2 Å². The van der Waals surface area contributed by atoms with Crippen LogP contribution in [0.1, 0.15) is 24.3 Å². The van der Waals surface area contributed by atoms with Crippen molar-refractivity contribution in [2.45, 2.75) is 26.2 Å². The van der Waals surface area contributed by atoms with Gasteiger partial charge in [0.1, 0.15) is 6.42 Å². The second-order valence-electron chi connectivity index (χ2n) is 7.60. The van der Waals surface area contributed by atoms with E-state index in [1.807, 2.05) is 36.1 Å². The molecule has 29 heavy (non-hydrogen) atoms. The summed E-state index contributed by atoms with van der Waals surface area (Å²) in [5.41, 5.74) is 1.95. The summed E-state index contributed by atoms with van der Waals surface area (Å²) < 4.78 is 10.6. The molecule has 0 N–H and O–H groups in total. The molecular weight excluding hydrogens is 372 g/mol. The quantitative estimate of drug-likeness (QED) is 0.779. The van der Waals surface area contributed by atoms with E-state index in [9.17, 15) is 9.59 Å². The Hall–Kier alpha value is -2.74. The van der Waals surface area contributed by atoms with E-state index in [0.717, 1.165) is 11.1 Å². The predicted octanol–water partition coefficient (Wildman–Crippen LogP) is 1.68. The summed E-state index contributed by atoms with van der Waals surface area (Å²) in [5.74, 6) is 0.969. The van der Waals surface area contributed by atoms with E-state index < -0.39 is 0 Å². The lowest BCUT2D eigenvalue weighted by Crippen LogP contribution is -2.47. The van der Waals surface area contributed by atoms with Crippen LogP contribution in [0.2, 0.25) is 0 Å². The van der Waals surface area contributed by atoms with Crippen LogP contribution in [-0.2, 0) is 20.7 Å². The van der Waals surface area contributed by atoms with Crippen LogP contribution in [0, 0.1) is 12.8 Å². The summed E-state index contributed by atoms with van der Waals surface area (Å²) in [6, 6.07) is 7.80. The van der Waals surface area contributed by atoms with Crippen LogP contribution in [0.5, 0.6) is 0 Å². The zero-order chi connectivity index (χ0) is 20.2. The molecule has 154 valence electrons. The number of piperidine rings is 1. The highest BCUT2D eigenvalue weighted by molar-refractivity contribution is 5.81. The number of rotatable bonds is 4. The van der Waals surface area contributed by atoms with Crippen molar-refractivity contribution in [1.29, 1.82) is 0 Å². The third-order valence-electron chi connectivity index (χ3n) is 5.68. The van der Waals surface area contributed by atoms with Gasteiger partial charge in [-0.05, 0) is 25.3 Å². The van der Waals surface area contributed by atoms with Crippen LogP contribution >= 0.6 is 0 Å². The minimum absolute atomic E-state index is 0.00628. The van der Waals surface area contributed by atoms with Crippen LogP contribution in [0.3, 0.4) is 0 Å². The van der Waals surface area contributed by atoms with Gasteiger partial charge >= 0.3 is 0 Å². The maximum atomic E-state index is 12.6. The molecule has 8 nitrogen and oxygen atoms in total. The van der Waals surface area contributed by atoms with E-state index in [0.29, 0.717) is 63.9 Å². The number of carbonyl (C=O) groups excluding carboxylic acids is 2. The van der Waals surface area contributed by atoms with Gasteiger partial charge in [0.2, 0.25) is 23.5 Å². The third-order valence-corrected chi connectivity index (χ3v) is 5.68. The Kier molecular flexibility index (Phi) is 5.89. The molecule has 0 atom stereocenters. The fourth-order valence-electron chi connectivity index (χ4n) is 3.92. The van der Waals surface area contributed by atoms with Crippen molar-refractivity contribution < 1.29 is 18.8 Å². The standard InChI is InChI=1S/C21H26N4O4/c1-15-4-2-3-5-17(15)20-22-18(29-23-20)14-19(26)24-8-6-16(7-9-24)21(27)25-10-12-28-13-11-25/h2-5,16H,6-14H2,1H3. The fourth-order valence-corrected chi connectivity index (χ4v) is 3.92. The monoisotopic (exact) mass is 398 g/mol. The molecule has 0 aliphatic carbocycles. The summed E-state index contributed by atoms with van der Waals surface area (Å²) >= 11 is 0. The molecule has 2 fully saturated rings. The second-order valence-corrected chi connectivity index (χ2v) is 7.60. The number of aryl methyl sites for hydroxylation is 1. The van der Waals surface area contributed by atoms with Crippen molar-refractivity contribution in [3.63, 3.8) is 0 Å². The molecule has 3 heterocycles. The molecular formula is C21H26N4O4. The molecule has 0 radical (unpaired) electrons. The average molecular weight is 398 g/mol. The van der Waals surface area contributed by atoms with Crippen molar-refractivity contribution in [3.8, 4) is 11.4 Å². The van der Waals surface area contributed by atoms with Crippen LogP contribution in [-0.4, -0.2) is 71.1 Å². The Bertz CT molecular complexity index is 867. The lowest BCUT2D eigenvalue weighted by Gasteiger charge is -2.35. The number of hydrogen-bond donors (Lipinski definition) is 0. The molecule has 2 aromatic rings. The number of benzene rings is 1. The van der Waals surface area contributed by atoms with Gasteiger partial charge in [-0.3, -0.25) is 9.59 Å². The van der Waals surface area contributed by atoms with Gasteiger partial charge in [0.25, 0.3) is 0 Å². The number of morpholine rings is 1. The first-order valence-corrected chi connectivity index (χ1v) is 10.1. The first kappa shape index (κ1) is 19.6. The molecule has 4 rings (SSSR count). The Labute approximate surface area is 169 Å². The summed E-state index contributed by atoms with van der Waals surface area (Å²) in [7, 11) is 0. The number of ether oxygens (including phenoxy) is 1. The van der Waals surface area contributed by atoms with Gasteiger partial charge in [-0.25, -0.2) is 0 Å². The molecule has 1 aromatic heterocycles.